The van der Waals surface area contributed by atoms with E-state index in [-0.39, 0.29) is 48.9 Å². The van der Waals surface area contributed by atoms with Gasteiger partial charge in [-0.1, -0.05) is 6.92 Å². The van der Waals surface area contributed by atoms with E-state index in [0.29, 0.717) is 17.0 Å². The number of nitrogens with one attached hydrogen (secondary N) is 2. The molecule has 2 aromatic rings. The smallest absolute Gasteiger partial charge is 0.319 e. The molecule has 0 saturated carbocycles. The zero-order valence-electron chi connectivity index (χ0n) is 22.8. The van der Waals surface area contributed by atoms with Crippen molar-refractivity contribution in [2.45, 2.75) is 57.2 Å². The summed E-state index contributed by atoms with van der Waals surface area (Å²) in [5.41, 5.74) is 0.977. The van der Waals surface area contributed by atoms with E-state index in [1.165, 1.54) is 19.2 Å². The number of urea groups is 1. The van der Waals surface area contributed by atoms with E-state index in [2.05, 4.69) is 10.6 Å². The first kappa shape index (κ1) is 30.3. The predicted octanol–water partition coefficient (Wildman–Crippen LogP) is 2.83. The summed E-state index contributed by atoms with van der Waals surface area (Å²) in [6.45, 7) is 7.19. The van der Waals surface area contributed by atoms with Crippen LogP contribution in [0.25, 0.3) is 0 Å². The largest absolute Gasteiger partial charge is 0.488 e. The van der Waals surface area contributed by atoms with Crippen molar-refractivity contribution < 1.29 is 32.2 Å². The van der Waals surface area contributed by atoms with Gasteiger partial charge in [0.05, 0.1) is 30.5 Å². The highest BCUT2D eigenvalue weighted by atomic mass is 32.2. The second-order valence-corrected chi connectivity index (χ2v) is 12.2. The van der Waals surface area contributed by atoms with Crippen LogP contribution in [0.3, 0.4) is 0 Å². The van der Waals surface area contributed by atoms with Crippen LogP contribution in [0.4, 0.5) is 14.9 Å². The molecule has 214 valence electrons. The summed E-state index contributed by atoms with van der Waals surface area (Å²) in [6, 6.07) is 8.60. The summed E-state index contributed by atoms with van der Waals surface area (Å²) in [5.74, 6) is -0.708. The normalized spacial score (nSPS) is 19.0. The highest BCUT2D eigenvalue weighted by Crippen LogP contribution is 2.30. The van der Waals surface area contributed by atoms with E-state index in [1.54, 1.807) is 30.0 Å². The summed E-state index contributed by atoms with van der Waals surface area (Å²) in [4.78, 5) is 27.1. The third-order valence-corrected chi connectivity index (χ3v) is 8.39. The molecule has 10 nitrogen and oxygen atoms in total. The Balaban J connectivity index is 1.95. The lowest BCUT2D eigenvalue weighted by Gasteiger charge is -2.33. The Morgan fingerprint density at radius 2 is 1.87 bits per heavy atom. The number of carbonyl (C=O) groups is 2. The molecule has 0 aliphatic carbocycles. The van der Waals surface area contributed by atoms with Gasteiger partial charge in [-0.2, -0.15) is 4.31 Å². The number of anilines is 1. The zero-order chi connectivity index (χ0) is 28.9. The SMILES string of the molecule is CC(C)NC(=O)Nc1ccc2c(c1)CC(=O)N([C@H](C)CO)C[C@@H](C)[C@H](CN(C)S(=O)(=O)c1ccc(F)cc1)O2. The fourth-order valence-electron chi connectivity index (χ4n) is 4.29. The maximum Gasteiger partial charge on any atom is 0.319 e. The highest BCUT2D eigenvalue weighted by molar-refractivity contribution is 7.89. The summed E-state index contributed by atoms with van der Waals surface area (Å²) in [7, 11) is -2.53. The van der Waals surface area contributed by atoms with Crippen LogP contribution >= 0.6 is 0 Å². The average molecular weight is 565 g/mol. The molecule has 1 heterocycles. The van der Waals surface area contributed by atoms with Gasteiger partial charge in [0.15, 0.2) is 0 Å². The van der Waals surface area contributed by atoms with Crippen LogP contribution in [0.15, 0.2) is 47.4 Å². The number of aliphatic hydroxyl groups is 1. The minimum Gasteiger partial charge on any atom is -0.488 e. The number of likely N-dealkylation sites (N-methyl/N-ethyl adjacent to an activating group) is 1. The minimum absolute atomic E-state index is 0.0375. The Labute approximate surface area is 229 Å². The Kier molecular flexibility index (Phi) is 9.92. The van der Waals surface area contributed by atoms with Crippen LogP contribution in [-0.2, 0) is 21.2 Å². The Morgan fingerprint density at radius 1 is 1.21 bits per heavy atom. The number of fused-ring (bicyclic) bond motifs is 1. The monoisotopic (exact) mass is 564 g/mol. The first-order valence-corrected chi connectivity index (χ1v) is 14.2. The van der Waals surface area contributed by atoms with E-state index in [0.717, 1.165) is 16.4 Å². The quantitative estimate of drug-likeness (QED) is 0.453. The lowest BCUT2D eigenvalue weighted by atomic mass is 10.0. The third kappa shape index (κ3) is 7.68. The molecular weight excluding hydrogens is 527 g/mol. The van der Waals surface area contributed by atoms with Gasteiger partial charge in [-0.15, -0.1) is 0 Å². The molecule has 3 rings (SSSR count). The fourth-order valence-corrected chi connectivity index (χ4v) is 5.48. The number of halogens is 1. The molecule has 0 radical (unpaired) electrons. The molecule has 0 unspecified atom stereocenters. The van der Waals surface area contributed by atoms with Crippen molar-refractivity contribution >= 4 is 27.6 Å². The van der Waals surface area contributed by atoms with Crippen LogP contribution in [0.5, 0.6) is 5.75 Å². The van der Waals surface area contributed by atoms with Crippen LogP contribution in [0, 0.1) is 11.7 Å². The van der Waals surface area contributed by atoms with Gasteiger partial charge < -0.3 is 25.4 Å². The fraction of sp³-hybridized carbons (Fsp3) is 0.481. The molecular formula is C27H37FN4O6S. The number of carbonyl (C=O) groups excluding carboxylic acids is 2. The van der Waals surface area contributed by atoms with Crippen molar-refractivity contribution in [3.05, 3.63) is 53.8 Å². The topological polar surface area (TPSA) is 128 Å². The van der Waals surface area contributed by atoms with Crippen molar-refractivity contribution in [3.63, 3.8) is 0 Å². The molecule has 0 aromatic heterocycles. The second-order valence-electron chi connectivity index (χ2n) is 10.2. The van der Waals surface area contributed by atoms with Crippen LogP contribution in [0.2, 0.25) is 0 Å². The van der Waals surface area contributed by atoms with Crippen LogP contribution < -0.4 is 15.4 Å². The molecule has 3 atom stereocenters. The van der Waals surface area contributed by atoms with E-state index >= 15 is 0 Å². The van der Waals surface area contributed by atoms with Gasteiger partial charge in [0.25, 0.3) is 0 Å². The van der Waals surface area contributed by atoms with Crippen molar-refractivity contribution in [2.75, 3.05) is 32.1 Å². The Hall–Kier alpha value is -3.22. The molecule has 0 fully saturated rings. The molecule has 2 aromatic carbocycles. The molecule has 0 bridgehead atoms. The molecule has 1 aliphatic rings. The number of amides is 3. The lowest BCUT2D eigenvalue weighted by molar-refractivity contribution is -0.134. The van der Waals surface area contributed by atoms with Crippen molar-refractivity contribution in [2.24, 2.45) is 5.92 Å². The number of nitrogens with zero attached hydrogens (tertiary/aromatic N) is 2. The number of ether oxygens (including phenoxy) is 1. The predicted molar refractivity (Wildman–Crippen MR) is 145 cm³/mol. The van der Waals surface area contributed by atoms with E-state index in [4.69, 9.17) is 4.74 Å². The van der Waals surface area contributed by atoms with E-state index < -0.39 is 34.0 Å². The number of sulfonamides is 1. The van der Waals surface area contributed by atoms with E-state index in [1.807, 2.05) is 20.8 Å². The Morgan fingerprint density at radius 3 is 2.49 bits per heavy atom. The third-order valence-electron chi connectivity index (χ3n) is 6.55. The van der Waals surface area contributed by atoms with Gasteiger partial charge in [0.1, 0.15) is 17.7 Å². The molecule has 0 saturated heterocycles. The van der Waals surface area contributed by atoms with Crippen molar-refractivity contribution in [1.29, 1.82) is 0 Å². The highest BCUT2D eigenvalue weighted by Gasteiger charge is 2.33. The summed E-state index contributed by atoms with van der Waals surface area (Å²) in [5, 5.41) is 15.3. The van der Waals surface area contributed by atoms with E-state index in [9.17, 15) is 27.5 Å². The molecule has 1 aliphatic heterocycles. The summed E-state index contributed by atoms with van der Waals surface area (Å²) < 4.78 is 47.2. The van der Waals surface area contributed by atoms with Gasteiger partial charge in [0, 0.05) is 36.8 Å². The molecule has 3 N–H and O–H groups in total. The first-order valence-electron chi connectivity index (χ1n) is 12.8. The van der Waals surface area contributed by atoms with Gasteiger partial charge in [-0.05, 0) is 63.2 Å². The zero-order valence-corrected chi connectivity index (χ0v) is 23.7. The number of rotatable bonds is 8. The van der Waals surface area contributed by atoms with Crippen molar-refractivity contribution in [3.8, 4) is 5.75 Å². The lowest BCUT2D eigenvalue weighted by Crippen LogP contribution is -2.48. The van der Waals surface area contributed by atoms with Crippen LogP contribution in [-0.4, -0.2) is 79.6 Å². The molecule has 39 heavy (non-hydrogen) atoms. The average Bonchev–Trinajstić information content (AvgIpc) is 2.91. The molecule has 0 spiro atoms. The first-order chi connectivity index (χ1) is 18.3. The molecule has 3 amide bonds. The summed E-state index contributed by atoms with van der Waals surface area (Å²) in [6.07, 6.45) is -0.712. The van der Waals surface area contributed by atoms with Gasteiger partial charge in [0.2, 0.25) is 15.9 Å². The van der Waals surface area contributed by atoms with Crippen molar-refractivity contribution in [1.82, 2.24) is 14.5 Å². The maximum atomic E-state index is 13.4. The number of benzene rings is 2. The number of aliphatic hydroxyl groups excluding tert-OH is 1. The van der Waals surface area contributed by atoms with Gasteiger partial charge in [-0.3, -0.25) is 4.79 Å². The van der Waals surface area contributed by atoms with Crippen LogP contribution in [0.1, 0.15) is 33.3 Å². The molecule has 12 heteroatoms. The second kappa shape index (κ2) is 12.8. The number of hydrogen-bond acceptors (Lipinski definition) is 6. The Bertz CT molecular complexity index is 1270. The number of hydrogen-bond donors (Lipinski definition) is 3. The minimum atomic E-state index is -3.95. The standard InChI is InChI=1S/C27H37FN4O6S/c1-17(2)29-27(35)30-22-8-11-24-20(12-22)13-26(34)32(19(4)16-33)14-18(3)25(38-24)15-31(5)39(36,37)23-9-6-21(28)7-10-23/h6-12,17-19,25,33H,13-16H2,1-5H3,(H2,29,30,35)/t18-,19-,25+/m1/s1. The summed E-state index contributed by atoms with van der Waals surface area (Å²) >= 11 is 0. The van der Waals surface area contributed by atoms with Gasteiger partial charge >= 0.3 is 6.03 Å². The maximum absolute atomic E-state index is 13.4. The van der Waals surface area contributed by atoms with Gasteiger partial charge in [-0.25, -0.2) is 17.6 Å².